The van der Waals surface area contributed by atoms with Gasteiger partial charge in [-0.15, -0.1) is 0 Å². The van der Waals surface area contributed by atoms with E-state index in [4.69, 9.17) is 19.2 Å². The zero-order valence-corrected chi connectivity index (χ0v) is 14.5. The number of carbonyl (C=O) groups is 1. The number of benzene rings is 1. The molecule has 0 bridgehead atoms. The van der Waals surface area contributed by atoms with Gasteiger partial charge in [-0.3, -0.25) is 0 Å². The third kappa shape index (κ3) is 3.94. The molecule has 2 rings (SSSR count). The lowest BCUT2D eigenvalue weighted by Gasteiger charge is -2.32. The molecule has 1 aromatic carbocycles. The zero-order chi connectivity index (χ0) is 17.3. The molecule has 1 atom stereocenters. The number of rotatable bonds is 6. The molecule has 5 nitrogen and oxygen atoms in total. The van der Waals surface area contributed by atoms with Gasteiger partial charge in [-0.25, -0.2) is 4.79 Å². The fourth-order valence-corrected chi connectivity index (χ4v) is 2.42. The number of hydrogen-bond acceptors (Lipinski definition) is 4. The van der Waals surface area contributed by atoms with Crippen molar-refractivity contribution in [2.75, 3.05) is 6.61 Å². The Morgan fingerprint density at radius 1 is 1.17 bits per heavy atom. The predicted octanol–water partition coefficient (Wildman–Crippen LogP) is 2.02. The number of carboxylic acids is 1. The van der Waals surface area contributed by atoms with Crippen LogP contribution in [0.2, 0.25) is 0 Å². The van der Waals surface area contributed by atoms with Crippen LogP contribution in [0.4, 0.5) is 0 Å². The number of ether oxygens (including phenoxy) is 1. The van der Waals surface area contributed by atoms with Gasteiger partial charge in [-0.05, 0) is 45.6 Å². The van der Waals surface area contributed by atoms with Crippen LogP contribution in [-0.4, -0.2) is 42.1 Å². The summed E-state index contributed by atoms with van der Waals surface area (Å²) in [5.74, 6) is -0.943. The van der Waals surface area contributed by atoms with Crippen molar-refractivity contribution in [3.05, 3.63) is 29.8 Å². The molecular weight excluding hydrogens is 295 g/mol. The standard InChI is InChI=1S/C17H25BO5/c1-6-21-14(15(19)20)11-12-7-9-13(10-8-12)18-22-16(2,3)17(4,5)23-18/h7-10,14H,6,11H2,1-5H3,(H,19,20)/t14-/m0/s1. The van der Waals surface area contributed by atoms with E-state index >= 15 is 0 Å². The van der Waals surface area contributed by atoms with Gasteiger partial charge >= 0.3 is 13.1 Å². The van der Waals surface area contributed by atoms with Gasteiger partial charge in [0.1, 0.15) is 0 Å². The molecule has 0 radical (unpaired) electrons. The van der Waals surface area contributed by atoms with Crippen molar-refractivity contribution in [3.63, 3.8) is 0 Å². The molecule has 1 aliphatic heterocycles. The van der Waals surface area contributed by atoms with Crippen molar-refractivity contribution >= 4 is 18.6 Å². The Labute approximate surface area is 138 Å². The Morgan fingerprint density at radius 3 is 2.13 bits per heavy atom. The molecule has 1 aliphatic rings. The minimum Gasteiger partial charge on any atom is -0.479 e. The summed E-state index contributed by atoms with van der Waals surface area (Å²) in [5.41, 5.74) is 1.08. The second kappa shape index (κ2) is 6.63. The lowest BCUT2D eigenvalue weighted by atomic mass is 9.78. The van der Waals surface area contributed by atoms with E-state index in [1.54, 1.807) is 6.92 Å². The van der Waals surface area contributed by atoms with E-state index < -0.39 is 19.2 Å². The Kier molecular flexibility index (Phi) is 5.18. The van der Waals surface area contributed by atoms with Crippen LogP contribution in [0, 0.1) is 0 Å². The summed E-state index contributed by atoms with van der Waals surface area (Å²) in [6, 6.07) is 7.63. The quantitative estimate of drug-likeness (QED) is 0.813. The van der Waals surface area contributed by atoms with Crippen molar-refractivity contribution in [2.45, 2.75) is 58.3 Å². The van der Waals surface area contributed by atoms with E-state index in [0.717, 1.165) is 11.0 Å². The molecule has 0 unspecified atom stereocenters. The SMILES string of the molecule is CCO[C@@H](Cc1ccc(B2OC(C)(C)C(C)(C)O2)cc1)C(=O)O. The van der Waals surface area contributed by atoms with Crippen molar-refractivity contribution in [1.29, 1.82) is 0 Å². The first-order valence-electron chi connectivity index (χ1n) is 7.95. The highest BCUT2D eigenvalue weighted by Crippen LogP contribution is 2.36. The van der Waals surface area contributed by atoms with E-state index in [2.05, 4.69) is 0 Å². The molecule has 1 heterocycles. The molecule has 23 heavy (non-hydrogen) atoms. The molecule has 0 amide bonds. The maximum Gasteiger partial charge on any atom is 0.494 e. The van der Waals surface area contributed by atoms with Gasteiger partial charge in [0.2, 0.25) is 0 Å². The minimum absolute atomic E-state index is 0.340. The van der Waals surface area contributed by atoms with Gasteiger partial charge in [0.05, 0.1) is 11.2 Å². The van der Waals surface area contributed by atoms with E-state index in [1.165, 1.54) is 0 Å². The molecule has 1 fully saturated rings. The average Bonchev–Trinajstić information content (AvgIpc) is 2.67. The van der Waals surface area contributed by atoms with Gasteiger partial charge < -0.3 is 19.2 Å². The van der Waals surface area contributed by atoms with E-state index in [-0.39, 0.29) is 11.2 Å². The number of carboxylic acid groups (broad SMARTS) is 1. The topological polar surface area (TPSA) is 65.0 Å². The van der Waals surface area contributed by atoms with Crippen LogP contribution < -0.4 is 5.46 Å². The third-order valence-corrected chi connectivity index (χ3v) is 4.57. The first kappa shape index (κ1) is 18.0. The molecule has 6 heteroatoms. The molecule has 0 aliphatic carbocycles. The summed E-state index contributed by atoms with van der Waals surface area (Å²) in [4.78, 5) is 11.1. The second-order valence-corrected chi connectivity index (χ2v) is 6.82. The van der Waals surface area contributed by atoms with Crippen molar-refractivity contribution in [3.8, 4) is 0 Å². The lowest BCUT2D eigenvalue weighted by molar-refractivity contribution is -0.149. The van der Waals surface area contributed by atoms with Gasteiger partial charge in [0.15, 0.2) is 6.10 Å². The number of hydrogen-bond donors (Lipinski definition) is 1. The molecule has 0 aromatic heterocycles. The van der Waals surface area contributed by atoms with Crippen LogP contribution in [0.3, 0.4) is 0 Å². The fraction of sp³-hybridized carbons (Fsp3) is 0.588. The summed E-state index contributed by atoms with van der Waals surface area (Å²) in [6.45, 7) is 10.2. The summed E-state index contributed by atoms with van der Waals surface area (Å²) in [5, 5.41) is 9.14. The van der Waals surface area contributed by atoms with Gasteiger partial charge in [-0.2, -0.15) is 0 Å². The largest absolute Gasteiger partial charge is 0.494 e. The lowest BCUT2D eigenvalue weighted by Crippen LogP contribution is -2.41. The second-order valence-electron chi connectivity index (χ2n) is 6.82. The summed E-state index contributed by atoms with van der Waals surface area (Å²) >= 11 is 0. The summed E-state index contributed by atoms with van der Waals surface area (Å²) < 4.78 is 17.3. The molecule has 1 aromatic rings. The number of aliphatic carboxylic acids is 1. The van der Waals surface area contributed by atoms with Gasteiger partial charge in [0.25, 0.3) is 0 Å². The van der Waals surface area contributed by atoms with Gasteiger partial charge in [0, 0.05) is 13.0 Å². The highest BCUT2D eigenvalue weighted by Gasteiger charge is 2.51. The van der Waals surface area contributed by atoms with Crippen molar-refractivity contribution in [2.24, 2.45) is 0 Å². The minimum atomic E-state index is -0.943. The van der Waals surface area contributed by atoms with Crippen molar-refractivity contribution < 1.29 is 23.9 Å². The smallest absolute Gasteiger partial charge is 0.479 e. The molecular formula is C17H25BO5. The predicted molar refractivity (Wildman–Crippen MR) is 88.9 cm³/mol. The highest BCUT2D eigenvalue weighted by molar-refractivity contribution is 6.62. The Hall–Kier alpha value is -1.37. The molecule has 1 saturated heterocycles. The average molecular weight is 320 g/mol. The third-order valence-electron chi connectivity index (χ3n) is 4.57. The van der Waals surface area contributed by atoms with E-state index in [9.17, 15) is 4.79 Å². The molecule has 126 valence electrons. The molecule has 0 saturated carbocycles. The normalized spacial score (nSPS) is 20.5. The molecule has 1 N–H and O–H groups in total. The van der Waals surface area contributed by atoms with Crippen molar-refractivity contribution in [1.82, 2.24) is 0 Å². The van der Waals surface area contributed by atoms with Crippen LogP contribution in [0.15, 0.2) is 24.3 Å². The van der Waals surface area contributed by atoms with Crippen LogP contribution in [0.25, 0.3) is 0 Å². The highest BCUT2D eigenvalue weighted by atomic mass is 16.7. The van der Waals surface area contributed by atoms with Crippen LogP contribution >= 0.6 is 0 Å². The Bertz CT molecular complexity index is 537. The first-order valence-corrected chi connectivity index (χ1v) is 7.95. The first-order chi connectivity index (χ1) is 10.7. The zero-order valence-electron chi connectivity index (χ0n) is 14.5. The fourth-order valence-electron chi connectivity index (χ4n) is 2.42. The Balaban J connectivity index is 2.07. The Morgan fingerprint density at radius 2 is 1.70 bits per heavy atom. The maximum atomic E-state index is 11.1. The summed E-state index contributed by atoms with van der Waals surface area (Å²) in [7, 11) is -0.406. The van der Waals surface area contributed by atoms with Crippen LogP contribution in [-0.2, 0) is 25.3 Å². The maximum absolute atomic E-state index is 11.1. The van der Waals surface area contributed by atoms with Gasteiger partial charge in [-0.1, -0.05) is 24.3 Å². The summed E-state index contributed by atoms with van der Waals surface area (Å²) in [6.07, 6.45) is -0.477. The van der Waals surface area contributed by atoms with Crippen LogP contribution in [0.5, 0.6) is 0 Å². The van der Waals surface area contributed by atoms with E-state index in [1.807, 2.05) is 52.0 Å². The molecule has 0 spiro atoms. The monoisotopic (exact) mass is 320 g/mol. The van der Waals surface area contributed by atoms with Crippen LogP contribution in [0.1, 0.15) is 40.2 Å². The van der Waals surface area contributed by atoms with E-state index in [0.29, 0.717) is 13.0 Å².